The SMILES string of the molecule is Cc1nnc(-c2ccc3c(-c4ccc(C(=O)O)cc4F)nn(C(=O)c4c(Cl)cccc4C(F)(F)F)c3c2)o1. The molecule has 0 aliphatic heterocycles. The number of carboxylic acids is 1. The molecule has 0 unspecified atom stereocenters. The van der Waals surface area contributed by atoms with Crippen LogP contribution in [0, 0.1) is 12.7 Å². The lowest BCUT2D eigenvalue weighted by Crippen LogP contribution is -2.20. The third-order valence-corrected chi connectivity index (χ3v) is 5.97. The van der Waals surface area contributed by atoms with Gasteiger partial charge in [-0.05, 0) is 48.5 Å². The van der Waals surface area contributed by atoms with Crippen molar-refractivity contribution in [2.24, 2.45) is 0 Å². The largest absolute Gasteiger partial charge is 0.478 e. The number of benzene rings is 3. The van der Waals surface area contributed by atoms with E-state index in [1.165, 1.54) is 18.2 Å². The minimum atomic E-state index is -4.91. The summed E-state index contributed by atoms with van der Waals surface area (Å²) < 4.78 is 62.4. The van der Waals surface area contributed by atoms with Crippen molar-refractivity contribution in [3.8, 4) is 22.7 Å². The molecule has 5 aromatic rings. The van der Waals surface area contributed by atoms with Crippen LogP contribution < -0.4 is 0 Å². The van der Waals surface area contributed by atoms with Gasteiger partial charge in [-0.3, -0.25) is 4.79 Å². The van der Waals surface area contributed by atoms with E-state index in [2.05, 4.69) is 15.3 Å². The molecule has 0 atom stereocenters. The molecule has 0 aliphatic rings. The standard InChI is InChI=1S/C25H13ClF4N4O4/c1-11-31-32-22(38-11)12-5-8-15-19(10-12)34(23(35)20-16(25(28,29)30)3-2-4-17(20)26)33-21(15)14-7-6-13(24(36)37)9-18(14)27/h2-10H,1H3,(H,36,37). The first-order valence-corrected chi connectivity index (χ1v) is 11.1. The smallest absolute Gasteiger partial charge is 0.417 e. The van der Waals surface area contributed by atoms with Crippen LogP contribution >= 0.6 is 11.6 Å². The zero-order valence-electron chi connectivity index (χ0n) is 19.0. The Bertz CT molecular complexity index is 1760. The number of hydrogen-bond donors (Lipinski definition) is 1. The summed E-state index contributed by atoms with van der Waals surface area (Å²) in [7, 11) is 0. The summed E-state index contributed by atoms with van der Waals surface area (Å²) in [5.41, 5.74) is -2.44. The normalized spacial score (nSPS) is 11.7. The number of carbonyl (C=O) groups excluding carboxylic acids is 1. The number of nitrogens with zero attached hydrogens (tertiary/aromatic N) is 4. The van der Waals surface area contributed by atoms with Gasteiger partial charge in [-0.2, -0.15) is 23.0 Å². The van der Waals surface area contributed by atoms with Gasteiger partial charge in [0.25, 0.3) is 5.91 Å². The maximum absolute atomic E-state index is 15.0. The van der Waals surface area contributed by atoms with Gasteiger partial charge in [-0.25, -0.2) is 9.18 Å². The van der Waals surface area contributed by atoms with Gasteiger partial charge in [0.05, 0.1) is 27.2 Å². The number of alkyl halides is 3. The molecular formula is C25H13ClF4N4O4. The van der Waals surface area contributed by atoms with Crippen LogP contribution in [0.15, 0.2) is 59.0 Å². The molecule has 192 valence electrons. The average Bonchev–Trinajstić information content (AvgIpc) is 3.46. The summed E-state index contributed by atoms with van der Waals surface area (Å²) >= 11 is 6.05. The Balaban J connectivity index is 1.78. The molecule has 2 heterocycles. The second-order valence-electron chi connectivity index (χ2n) is 8.08. The molecule has 13 heteroatoms. The predicted molar refractivity (Wildman–Crippen MR) is 126 cm³/mol. The maximum atomic E-state index is 15.0. The van der Waals surface area contributed by atoms with E-state index in [0.29, 0.717) is 16.3 Å². The fraction of sp³-hybridized carbons (Fsp3) is 0.0800. The molecular weight excluding hydrogens is 532 g/mol. The van der Waals surface area contributed by atoms with Gasteiger partial charge < -0.3 is 9.52 Å². The summed E-state index contributed by atoms with van der Waals surface area (Å²) in [5, 5.41) is 20.7. The monoisotopic (exact) mass is 544 g/mol. The number of carbonyl (C=O) groups is 2. The van der Waals surface area contributed by atoms with Crippen molar-refractivity contribution in [3.63, 3.8) is 0 Å². The minimum Gasteiger partial charge on any atom is -0.478 e. The highest BCUT2D eigenvalue weighted by Crippen LogP contribution is 2.38. The Morgan fingerprint density at radius 1 is 1.05 bits per heavy atom. The van der Waals surface area contributed by atoms with Crippen LogP contribution in [0.4, 0.5) is 17.6 Å². The Hall–Kier alpha value is -4.58. The molecule has 5 rings (SSSR count). The van der Waals surface area contributed by atoms with E-state index >= 15 is 0 Å². The Morgan fingerprint density at radius 2 is 1.82 bits per heavy atom. The lowest BCUT2D eigenvalue weighted by atomic mass is 10.0. The van der Waals surface area contributed by atoms with Crippen molar-refractivity contribution in [1.82, 2.24) is 20.0 Å². The summed E-state index contributed by atoms with van der Waals surface area (Å²) in [5.74, 6) is -3.23. The fourth-order valence-corrected chi connectivity index (χ4v) is 4.19. The molecule has 2 aromatic heterocycles. The number of aromatic nitrogens is 4. The minimum absolute atomic E-state index is 0.00638. The summed E-state index contributed by atoms with van der Waals surface area (Å²) in [6.07, 6.45) is -4.91. The average molecular weight is 545 g/mol. The van der Waals surface area contributed by atoms with E-state index in [0.717, 1.165) is 30.3 Å². The molecule has 1 N–H and O–H groups in total. The van der Waals surface area contributed by atoms with E-state index in [4.69, 9.17) is 21.1 Å². The predicted octanol–water partition coefficient (Wildman–Crippen LogP) is 6.26. The first-order chi connectivity index (χ1) is 18.0. The maximum Gasteiger partial charge on any atom is 0.417 e. The highest BCUT2D eigenvalue weighted by atomic mass is 35.5. The quantitative estimate of drug-likeness (QED) is 0.266. The van der Waals surface area contributed by atoms with Crippen molar-refractivity contribution in [3.05, 3.63) is 88.0 Å². The first-order valence-electron chi connectivity index (χ1n) is 10.7. The molecule has 0 saturated carbocycles. The van der Waals surface area contributed by atoms with Gasteiger partial charge in [-0.15, -0.1) is 10.2 Å². The number of halogens is 5. The molecule has 0 radical (unpaired) electrons. The van der Waals surface area contributed by atoms with Crippen LogP contribution in [0.5, 0.6) is 0 Å². The third kappa shape index (κ3) is 4.28. The third-order valence-electron chi connectivity index (χ3n) is 5.65. The molecule has 0 amide bonds. The molecule has 38 heavy (non-hydrogen) atoms. The van der Waals surface area contributed by atoms with Crippen molar-refractivity contribution in [2.75, 3.05) is 0 Å². The Morgan fingerprint density at radius 3 is 2.45 bits per heavy atom. The van der Waals surface area contributed by atoms with Crippen LogP contribution in [0.25, 0.3) is 33.6 Å². The van der Waals surface area contributed by atoms with E-state index in [9.17, 15) is 27.2 Å². The molecule has 3 aromatic carbocycles. The highest BCUT2D eigenvalue weighted by molar-refractivity contribution is 6.34. The van der Waals surface area contributed by atoms with Gasteiger partial charge >= 0.3 is 12.1 Å². The second-order valence-corrected chi connectivity index (χ2v) is 8.49. The fourth-order valence-electron chi connectivity index (χ4n) is 3.94. The Labute approximate surface area is 215 Å². The van der Waals surface area contributed by atoms with Crippen LogP contribution in [0.2, 0.25) is 5.02 Å². The van der Waals surface area contributed by atoms with Crippen LogP contribution in [0.3, 0.4) is 0 Å². The topological polar surface area (TPSA) is 111 Å². The van der Waals surface area contributed by atoms with Gasteiger partial charge in [0.2, 0.25) is 11.8 Å². The summed E-state index contributed by atoms with van der Waals surface area (Å²) in [4.78, 5) is 24.8. The van der Waals surface area contributed by atoms with Crippen LogP contribution in [-0.2, 0) is 6.18 Å². The molecule has 0 bridgehead atoms. The van der Waals surface area contributed by atoms with Gasteiger partial charge in [-0.1, -0.05) is 17.7 Å². The van der Waals surface area contributed by atoms with Crippen molar-refractivity contribution in [2.45, 2.75) is 13.1 Å². The summed E-state index contributed by atoms with van der Waals surface area (Å²) in [6.45, 7) is 1.56. The van der Waals surface area contributed by atoms with E-state index < -0.39 is 40.0 Å². The first kappa shape index (κ1) is 25.1. The van der Waals surface area contributed by atoms with E-state index in [1.807, 2.05) is 0 Å². The Kier molecular flexibility index (Phi) is 5.98. The van der Waals surface area contributed by atoms with Crippen LogP contribution in [-0.4, -0.2) is 37.0 Å². The lowest BCUT2D eigenvalue weighted by Gasteiger charge is -2.13. The van der Waals surface area contributed by atoms with E-state index in [-0.39, 0.29) is 39.5 Å². The summed E-state index contributed by atoms with van der Waals surface area (Å²) in [6, 6.07) is 10.3. The molecule has 8 nitrogen and oxygen atoms in total. The number of rotatable bonds is 4. The second kappa shape index (κ2) is 9.06. The highest BCUT2D eigenvalue weighted by Gasteiger charge is 2.37. The zero-order chi connectivity index (χ0) is 27.4. The van der Waals surface area contributed by atoms with Gasteiger partial charge in [0, 0.05) is 23.4 Å². The molecule has 0 fully saturated rings. The number of aromatic carboxylic acids is 1. The molecule has 0 spiro atoms. The van der Waals surface area contributed by atoms with Crippen molar-refractivity contribution < 1.29 is 36.7 Å². The lowest BCUT2D eigenvalue weighted by molar-refractivity contribution is -0.137. The van der Waals surface area contributed by atoms with Crippen molar-refractivity contribution >= 4 is 34.4 Å². The van der Waals surface area contributed by atoms with Crippen LogP contribution in [0.1, 0.15) is 32.2 Å². The van der Waals surface area contributed by atoms with Gasteiger partial charge in [0.15, 0.2) is 0 Å². The van der Waals surface area contributed by atoms with Crippen molar-refractivity contribution in [1.29, 1.82) is 0 Å². The molecule has 0 aliphatic carbocycles. The molecule has 0 saturated heterocycles. The van der Waals surface area contributed by atoms with E-state index in [1.54, 1.807) is 6.92 Å². The zero-order valence-corrected chi connectivity index (χ0v) is 19.8. The number of fused-ring (bicyclic) bond motifs is 1. The van der Waals surface area contributed by atoms with Gasteiger partial charge in [0.1, 0.15) is 11.5 Å². The number of aryl methyl sites for hydroxylation is 1. The number of hydrogen-bond acceptors (Lipinski definition) is 6. The number of carboxylic acid groups (broad SMARTS) is 1.